The predicted molar refractivity (Wildman–Crippen MR) is 23.1 cm³/mol. The first kappa shape index (κ1) is 5.18. The monoisotopic (exact) mass is 88.0 g/mol. The molecule has 0 aliphatic rings. The molecule has 0 spiro atoms. The lowest BCUT2D eigenvalue weighted by molar-refractivity contribution is 0.587. The first-order chi connectivity index (χ1) is 2.27. The highest BCUT2D eigenvalue weighted by Crippen LogP contribution is 1.90. The molecule has 0 aliphatic carbocycles. The van der Waals surface area contributed by atoms with E-state index in [1.54, 1.807) is 0 Å². The molecule has 1 N–H and O–H groups in total. The van der Waals surface area contributed by atoms with Gasteiger partial charge in [0.25, 0.3) is 0 Å². The Hall–Kier alpha value is 0.177. The topological polar surface area (TPSA) is 20.2 Å². The fourth-order valence-electron chi connectivity index (χ4n) is 0. The highest BCUT2D eigenvalue weighted by molar-refractivity contribution is 6.27. The minimum atomic E-state index is 0.114. The second kappa shape index (κ2) is 2.42. The Kier molecular flexibility index (Phi) is 2.50. The molecule has 0 atom stereocenters. The molecule has 0 heterocycles. The quantitative estimate of drug-likeness (QED) is 0.461. The van der Waals surface area contributed by atoms with Crippen molar-refractivity contribution in [2.24, 2.45) is 0 Å². The van der Waals surface area contributed by atoms with E-state index < -0.39 is 0 Å². The van der Waals surface area contributed by atoms with E-state index in [-0.39, 0.29) is 9.76 Å². The average molecular weight is 88.2 g/mol. The van der Waals surface area contributed by atoms with Crippen LogP contribution < -0.4 is 0 Å². The van der Waals surface area contributed by atoms with Crippen molar-refractivity contribution in [3.8, 4) is 0 Å². The largest absolute Gasteiger partial charge is 0.431 e. The van der Waals surface area contributed by atoms with Crippen LogP contribution in [0.4, 0.5) is 0 Å². The minimum Gasteiger partial charge on any atom is -0.431 e. The van der Waals surface area contributed by atoms with Crippen LogP contribution in [0.15, 0.2) is 0 Å². The zero-order valence-corrected chi connectivity index (χ0v) is 4.52. The van der Waals surface area contributed by atoms with Crippen LogP contribution in [-0.4, -0.2) is 14.6 Å². The molecule has 2 heteroatoms. The molecular formula is C3H8OSi. The van der Waals surface area contributed by atoms with Crippen LogP contribution >= 0.6 is 0 Å². The standard InChI is InChI=1S/C3H8OSi/c1-3(2)5-4/h3-4H,1-2H3. The van der Waals surface area contributed by atoms with E-state index in [4.69, 9.17) is 4.80 Å². The van der Waals surface area contributed by atoms with Gasteiger partial charge in [-0.2, -0.15) is 0 Å². The molecule has 0 amide bonds. The van der Waals surface area contributed by atoms with Crippen molar-refractivity contribution in [2.45, 2.75) is 19.4 Å². The van der Waals surface area contributed by atoms with Crippen molar-refractivity contribution >= 4 is 9.76 Å². The van der Waals surface area contributed by atoms with Gasteiger partial charge in [-0.15, -0.1) is 0 Å². The molecule has 0 fully saturated rings. The van der Waals surface area contributed by atoms with Crippen LogP contribution in [0.2, 0.25) is 5.54 Å². The summed E-state index contributed by atoms with van der Waals surface area (Å²) < 4.78 is 0. The third-order valence-corrected chi connectivity index (χ3v) is 0.775. The summed E-state index contributed by atoms with van der Waals surface area (Å²) in [6.07, 6.45) is 0. The Balaban J connectivity index is 2.54. The second-order valence-corrected chi connectivity index (χ2v) is 2.70. The smallest absolute Gasteiger partial charge is 0.227 e. The Morgan fingerprint density at radius 1 is 1.60 bits per heavy atom. The van der Waals surface area contributed by atoms with Crippen molar-refractivity contribution in [1.82, 2.24) is 0 Å². The lowest BCUT2D eigenvalue weighted by Crippen LogP contribution is -1.89. The number of hydrogen-bond donors (Lipinski definition) is 1. The van der Waals surface area contributed by atoms with Crippen LogP contribution in [-0.2, 0) is 0 Å². The second-order valence-electron chi connectivity index (χ2n) is 1.28. The highest BCUT2D eigenvalue weighted by Gasteiger charge is 1.86. The fraction of sp³-hybridized carbons (Fsp3) is 1.00. The van der Waals surface area contributed by atoms with Gasteiger partial charge in [0.2, 0.25) is 9.76 Å². The van der Waals surface area contributed by atoms with Crippen molar-refractivity contribution in [3.05, 3.63) is 0 Å². The molecule has 0 saturated heterocycles. The SMILES string of the molecule is CC(C)[Si]O. The van der Waals surface area contributed by atoms with Gasteiger partial charge in [0.15, 0.2) is 0 Å². The van der Waals surface area contributed by atoms with E-state index in [1.807, 2.05) is 13.8 Å². The lowest BCUT2D eigenvalue weighted by atomic mass is 10.6. The molecule has 2 radical (unpaired) electrons. The van der Waals surface area contributed by atoms with Crippen LogP contribution in [0.1, 0.15) is 13.8 Å². The maximum absolute atomic E-state index is 8.17. The molecule has 5 heavy (non-hydrogen) atoms. The first-order valence-electron chi connectivity index (χ1n) is 1.67. The lowest BCUT2D eigenvalue weighted by Gasteiger charge is -1.86. The molecule has 0 saturated carbocycles. The van der Waals surface area contributed by atoms with Crippen LogP contribution in [0, 0.1) is 0 Å². The maximum Gasteiger partial charge on any atom is 0.227 e. The minimum absolute atomic E-state index is 0.114. The summed E-state index contributed by atoms with van der Waals surface area (Å²) in [4.78, 5) is 8.17. The molecule has 0 aromatic heterocycles. The van der Waals surface area contributed by atoms with Crippen molar-refractivity contribution in [2.75, 3.05) is 0 Å². The fourth-order valence-corrected chi connectivity index (χ4v) is 0. The van der Waals surface area contributed by atoms with Gasteiger partial charge in [-0.1, -0.05) is 13.8 Å². The average Bonchev–Trinajstić information content (AvgIpc) is 1.38. The molecule has 30 valence electrons. The predicted octanol–water partition coefficient (Wildman–Crippen LogP) is 0.426. The van der Waals surface area contributed by atoms with Crippen molar-refractivity contribution < 1.29 is 4.80 Å². The summed E-state index contributed by atoms with van der Waals surface area (Å²) in [6, 6.07) is 0. The zero-order valence-electron chi connectivity index (χ0n) is 3.52. The molecular weight excluding hydrogens is 80.1 g/mol. The van der Waals surface area contributed by atoms with Crippen LogP contribution in [0.25, 0.3) is 0 Å². The van der Waals surface area contributed by atoms with Gasteiger partial charge in [0.1, 0.15) is 0 Å². The van der Waals surface area contributed by atoms with Crippen molar-refractivity contribution in [3.63, 3.8) is 0 Å². The van der Waals surface area contributed by atoms with Gasteiger partial charge in [0, 0.05) is 0 Å². The van der Waals surface area contributed by atoms with Gasteiger partial charge in [0.05, 0.1) is 0 Å². The van der Waals surface area contributed by atoms with E-state index in [0.29, 0.717) is 5.54 Å². The summed E-state index contributed by atoms with van der Waals surface area (Å²) in [5.74, 6) is 0. The zero-order chi connectivity index (χ0) is 4.28. The van der Waals surface area contributed by atoms with Crippen molar-refractivity contribution in [1.29, 1.82) is 0 Å². The third kappa shape index (κ3) is 4.18. The number of hydrogen-bond acceptors (Lipinski definition) is 1. The van der Waals surface area contributed by atoms with Crippen LogP contribution in [0.3, 0.4) is 0 Å². The Morgan fingerprint density at radius 3 is 1.80 bits per heavy atom. The van der Waals surface area contributed by atoms with E-state index in [2.05, 4.69) is 0 Å². The summed E-state index contributed by atoms with van der Waals surface area (Å²) in [5.41, 5.74) is 0.468. The van der Waals surface area contributed by atoms with E-state index in [0.717, 1.165) is 0 Å². The molecule has 0 aromatic rings. The van der Waals surface area contributed by atoms with E-state index >= 15 is 0 Å². The van der Waals surface area contributed by atoms with Crippen LogP contribution in [0.5, 0.6) is 0 Å². The van der Waals surface area contributed by atoms with Gasteiger partial charge in [-0.3, -0.25) is 0 Å². The van der Waals surface area contributed by atoms with Gasteiger partial charge in [-0.25, -0.2) is 0 Å². The van der Waals surface area contributed by atoms with Gasteiger partial charge < -0.3 is 4.80 Å². The summed E-state index contributed by atoms with van der Waals surface area (Å²) in [5, 5.41) is 0. The van der Waals surface area contributed by atoms with Gasteiger partial charge >= 0.3 is 0 Å². The summed E-state index contributed by atoms with van der Waals surface area (Å²) in [6.45, 7) is 3.97. The Bertz CT molecular complexity index is 20.9. The maximum atomic E-state index is 8.17. The summed E-state index contributed by atoms with van der Waals surface area (Å²) in [7, 11) is 0.114. The molecule has 0 bridgehead atoms. The highest BCUT2D eigenvalue weighted by atomic mass is 28.2. The Labute approximate surface area is 35.0 Å². The Morgan fingerprint density at radius 2 is 1.80 bits per heavy atom. The van der Waals surface area contributed by atoms with E-state index in [9.17, 15) is 0 Å². The molecule has 0 unspecified atom stereocenters. The molecule has 0 aliphatic heterocycles. The third-order valence-electron chi connectivity index (χ3n) is 0.258. The van der Waals surface area contributed by atoms with E-state index in [1.165, 1.54) is 0 Å². The molecule has 1 nitrogen and oxygen atoms in total. The molecule has 0 rings (SSSR count). The number of rotatable bonds is 1. The molecule has 0 aromatic carbocycles. The van der Waals surface area contributed by atoms with Gasteiger partial charge in [-0.05, 0) is 5.54 Å². The summed E-state index contributed by atoms with van der Waals surface area (Å²) >= 11 is 0. The normalized spacial score (nSPS) is 9.60. The first-order valence-corrected chi connectivity index (χ1v) is 2.69.